The molecule has 1 aromatic carbocycles. The predicted octanol–water partition coefficient (Wildman–Crippen LogP) is 8.28. The maximum atomic E-state index is 7.19. The number of hydroxylamine groups is 2. The van der Waals surface area contributed by atoms with Crippen LogP contribution in [0.15, 0.2) is 24.3 Å². The van der Waals surface area contributed by atoms with Gasteiger partial charge in [-0.05, 0) is 77.0 Å². The topological polar surface area (TPSA) is 52.7 Å². The summed E-state index contributed by atoms with van der Waals surface area (Å²) in [5.74, 6) is 0.318. The molecule has 2 saturated carbocycles. The quantitative estimate of drug-likeness (QED) is 0.190. The van der Waals surface area contributed by atoms with Gasteiger partial charge in [0.15, 0.2) is 5.79 Å². The minimum Gasteiger partial charge on any atom is -0.491 e. The lowest BCUT2D eigenvalue weighted by atomic mass is 9.73. The molecule has 6 heteroatoms. The van der Waals surface area contributed by atoms with Crippen LogP contribution in [-0.4, -0.2) is 53.5 Å². The van der Waals surface area contributed by atoms with Crippen LogP contribution in [0.1, 0.15) is 136 Å². The number of nitrogens with zero attached hydrogens (tertiary/aromatic N) is 1. The van der Waals surface area contributed by atoms with E-state index in [2.05, 4.69) is 51.8 Å². The minimum atomic E-state index is -0.563. The monoisotopic (exact) mass is 557 g/mol. The second kappa shape index (κ2) is 13.0. The molecule has 0 N–H and O–H groups in total. The summed E-state index contributed by atoms with van der Waals surface area (Å²) in [5, 5.41) is 2.35. The van der Waals surface area contributed by atoms with Gasteiger partial charge in [0.25, 0.3) is 0 Å². The third-order valence-electron chi connectivity index (χ3n) is 9.92. The molecule has 40 heavy (non-hydrogen) atoms. The number of epoxide rings is 1. The van der Waals surface area contributed by atoms with Crippen molar-refractivity contribution in [2.45, 2.75) is 166 Å². The number of rotatable bonds is 12. The Kier molecular flexibility index (Phi) is 9.84. The zero-order chi connectivity index (χ0) is 28.2. The Bertz CT molecular complexity index is 893. The average molecular weight is 558 g/mol. The summed E-state index contributed by atoms with van der Waals surface area (Å²) in [7, 11) is 0. The van der Waals surface area contributed by atoms with Gasteiger partial charge in [0.1, 0.15) is 24.6 Å². The molecule has 2 saturated heterocycles. The fourth-order valence-corrected chi connectivity index (χ4v) is 7.63. The molecule has 2 atom stereocenters. The highest BCUT2D eigenvalue weighted by Gasteiger charge is 2.58. The van der Waals surface area contributed by atoms with Crippen LogP contribution in [0.2, 0.25) is 0 Å². The molecule has 0 bridgehead atoms. The lowest BCUT2D eigenvalue weighted by molar-refractivity contribution is -0.389. The number of hydrogen-bond acceptors (Lipinski definition) is 6. The smallest absolute Gasteiger partial charge is 0.172 e. The van der Waals surface area contributed by atoms with Crippen molar-refractivity contribution < 1.29 is 23.8 Å². The molecule has 6 nitrogen and oxygen atoms in total. The largest absolute Gasteiger partial charge is 0.491 e. The highest BCUT2D eigenvalue weighted by molar-refractivity contribution is 5.28. The van der Waals surface area contributed by atoms with Crippen molar-refractivity contribution >= 4 is 0 Å². The standard InChI is InChI=1S/C34H55NO5/c1-6-33(7-2)25-34(38-29-14-10-8-11-15-29,39-30-16-12-9-13-17-30)24-32(4,5)35(33)40-26(3)27-18-20-28(21-19-27)36-22-31-23-37-31/h18-21,26,29-31H,6-17,22-25H2,1-5H3. The van der Waals surface area contributed by atoms with E-state index in [0.717, 1.165) is 69.3 Å². The van der Waals surface area contributed by atoms with Gasteiger partial charge in [-0.1, -0.05) is 64.5 Å². The zero-order valence-corrected chi connectivity index (χ0v) is 25.9. The average Bonchev–Trinajstić information content (AvgIpc) is 3.79. The van der Waals surface area contributed by atoms with Gasteiger partial charge < -0.3 is 18.9 Å². The van der Waals surface area contributed by atoms with E-state index < -0.39 is 5.79 Å². The summed E-state index contributed by atoms with van der Waals surface area (Å²) in [6, 6.07) is 8.36. The van der Waals surface area contributed by atoms with E-state index in [-0.39, 0.29) is 23.3 Å². The van der Waals surface area contributed by atoms with Gasteiger partial charge >= 0.3 is 0 Å². The maximum absolute atomic E-state index is 7.19. The molecule has 5 rings (SSSR count). The van der Waals surface area contributed by atoms with Crippen molar-refractivity contribution in [3.8, 4) is 5.75 Å². The molecule has 0 aromatic heterocycles. The Morgan fingerprint density at radius 2 is 1.40 bits per heavy atom. The Morgan fingerprint density at radius 1 is 0.850 bits per heavy atom. The molecule has 0 amide bonds. The highest BCUT2D eigenvalue weighted by atomic mass is 16.7. The van der Waals surface area contributed by atoms with Crippen molar-refractivity contribution in [3.05, 3.63) is 29.8 Å². The summed E-state index contributed by atoms with van der Waals surface area (Å²) < 4.78 is 25.5. The molecule has 4 aliphatic rings. The first-order valence-electron chi connectivity index (χ1n) is 16.4. The molecule has 1 aromatic rings. The van der Waals surface area contributed by atoms with E-state index in [1.165, 1.54) is 38.5 Å². The van der Waals surface area contributed by atoms with E-state index in [9.17, 15) is 0 Å². The van der Waals surface area contributed by atoms with Crippen molar-refractivity contribution in [3.63, 3.8) is 0 Å². The first-order chi connectivity index (χ1) is 19.3. The SMILES string of the molecule is CCC1(CC)CC(OC2CCCCC2)(OC2CCCCC2)CC(C)(C)N1OC(C)c1ccc(OCC2CO2)cc1. The van der Waals surface area contributed by atoms with Gasteiger partial charge in [-0.3, -0.25) is 4.84 Å². The third kappa shape index (κ3) is 7.23. The number of hydrogen-bond donors (Lipinski definition) is 0. The zero-order valence-electron chi connectivity index (χ0n) is 25.9. The molecule has 2 aliphatic carbocycles. The van der Waals surface area contributed by atoms with Crippen molar-refractivity contribution in [2.24, 2.45) is 0 Å². The molecule has 0 spiro atoms. The Hall–Kier alpha value is -1.18. The van der Waals surface area contributed by atoms with E-state index >= 15 is 0 Å². The van der Waals surface area contributed by atoms with Crippen LogP contribution >= 0.6 is 0 Å². The minimum absolute atomic E-state index is 0.0800. The number of benzene rings is 1. The Balaban J connectivity index is 1.36. The van der Waals surface area contributed by atoms with E-state index in [4.69, 9.17) is 23.8 Å². The van der Waals surface area contributed by atoms with Crippen LogP contribution in [0.3, 0.4) is 0 Å². The van der Waals surface area contributed by atoms with Crippen LogP contribution in [0.25, 0.3) is 0 Å². The van der Waals surface area contributed by atoms with Gasteiger partial charge in [0.2, 0.25) is 0 Å². The first kappa shape index (κ1) is 30.3. The summed E-state index contributed by atoms with van der Waals surface area (Å²) in [4.78, 5) is 6.97. The van der Waals surface area contributed by atoms with Crippen LogP contribution in [-0.2, 0) is 19.0 Å². The second-order valence-electron chi connectivity index (χ2n) is 13.6. The summed E-state index contributed by atoms with van der Waals surface area (Å²) in [6.45, 7) is 12.9. The van der Waals surface area contributed by atoms with Crippen molar-refractivity contribution in [2.75, 3.05) is 13.2 Å². The fraction of sp³-hybridized carbons (Fsp3) is 0.824. The van der Waals surface area contributed by atoms with Crippen LogP contribution in [0, 0.1) is 0 Å². The number of ether oxygens (including phenoxy) is 4. The van der Waals surface area contributed by atoms with Crippen LogP contribution in [0.5, 0.6) is 5.75 Å². The second-order valence-corrected chi connectivity index (χ2v) is 13.6. The highest BCUT2D eigenvalue weighted by Crippen LogP contribution is 2.52. The van der Waals surface area contributed by atoms with Gasteiger partial charge in [-0.25, -0.2) is 0 Å². The summed E-state index contributed by atoms with van der Waals surface area (Å²) in [5.41, 5.74) is 0.725. The van der Waals surface area contributed by atoms with E-state index in [0.29, 0.717) is 18.8 Å². The molecule has 226 valence electrons. The summed E-state index contributed by atoms with van der Waals surface area (Å²) >= 11 is 0. The molecule has 4 fully saturated rings. The molecular weight excluding hydrogens is 502 g/mol. The Morgan fingerprint density at radius 3 is 1.90 bits per heavy atom. The maximum Gasteiger partial charge on any atom is 0.172 e. The van der Waals surface area contributed by atoms with Gasteiger partial charge in [0, 0.05) is 18.4 Å². The van der Waals surface area contributed by atoms with Gasteiger partial charge in [-0.2, -0.15) is 5.06 Å². The van der Waals surface area contributed by atoms with Gasteiger partial charge in [0.05, 0.1) is 24.4 Å². The van der Waals surface area contributed by atoms with Gasteiger partial charge in [-0.15, -0.1) is 0 Å². The Labute approximate surface area is 243 Å². The van der Waals surface area contributed by atoms with Crippen molar-refractivity contribution in [1.82, 2.24) is 5.06 Å². The third-order valence-corrected chi connectivity index (χ3v) is 9.92. The molecule has 2 unspecified atom stereocenters. The van der Waals surface area contributed by atoms with Crippen LogP contribution in [0.4, 0.5) is 0 Å². The lowest BCUT2D eigenvalue weighted by Gasteiger charge is -2.61. The predicted molar refractivity (Wildman–Crippen MR) is 158 cm³/mol. The lowest BCUT2D eigenvalue weighted by Crippen LogP contribution is -2.69. The molecule has 0 radical (unpaired) electrons. The van der Waals surface area contributed by atoms with E-state index in [1.807, 2.05) is 12.1 Å². The molecule has 2 heterocycles. The van der Waals surface area contributed by atoms with Crippen LogP contribution < -0.4 is 4.74 Å². The summed E-state index contributed by atoms with van der Waals surface area (Å²) in [6.07, 6.45) is 16.8. The number of piperidine rings is 1. The fourth-order valence-electron chi connectivity index (χ4n) is 7.63. The van der Waals surface area contributed by atoms with E-state index in [1.54, 1.807) is 0 Å². The first-order valence-corrected chi connectivity index (χ1v) is 16.4. The normalized spacial score (nSPS) is 27.8. The molecule has 2 aliphatic heterocycles. The van der Waals surface area contributed by atoms with Crippen molar-refractivity contribution in [1.29, 1.82) is 0 Å². The molecular formula is C34H55NO5.